The van der Waals surface area contributed by atoms with E-state index >= 15 is 0 Å². The first-order valence-electron chi connectivity index (χ1n) is 6.47. The number of hydrogen-bond donors (Lipinski definition) is 1. The number of rotatable bonds is 4. The zero-order valence-corrected chi connectivity index (χ0v) is 15.0. The second kappa shape index (κ2) is 7.09. The van der Waals surface area contributed by atoms with Crippen LogP contribution >= 0.6 is 31.9 Å². The molecule has 0 saturated carbocycles. The summed E-state index contributed by atoms with van der Waals surface area (Å²) in [7, 11) is 4.00. The first-order valence-corrected chi connectivity index (χ1v) is 8.05. The summed E-state index contributed by atoms with van der Waals surface area (Å²) in [6.07, 6.45) is 0. The van der Waals surface area contributed by atoms with Gasteiger partial charge < -0.3 is 10.2 Å². The van der Waals surface area contributed by atoms with Crippen LogP contribution in [-0.4, -0.2) is 20.0 Å². The van der Waals surface area contributed by atoms with E-state index in [1.54, 1.807) is 6.07 Å². The number of carbonyl (C=O) groups is 1. The molecule has 2 rings (SSSR count). The van der Waals surface area contributed by atoms with Gasteiger partial charge in [0.2, 0.25) is 0 Å². The predicted molar refractivity (Wildman–Crippen MR) is 93.8 cm³/mol. The molecule has 110 valence electrons. The van der Waals surface area contributed by atoms with Gasteiger partial charge in [-0.2, -0.15) is 0 Å². The molecule has 21 heavy (non-hydrogen) atoms. The normalized spacial score (nSPS) is 10.3. The average Bonchev–Trinajstić information content (AvgIpc) is 2.45. The van der Waals surface area contributed by atoms with Crippen molar-refractivity contribution in [3.8, 4) is 0 Å². The number of carbonyl (C=O) groups excluding carboxylic acids is 1. The summed E-state index contributed by atoms with van der Waals surface area (Å²) in [5.41, 5.74) is 2.84. The fourth-order valence-corrected chi connectivity index (χ4v) is 3.09. The van der Waals surface area contributed by atoms with Crippen LogP contribution in [0.2, 0.25) is 0 Å². The van der Waals surface area contributed by atoms with Gasteiger partial charge in [0.05, 0.1) is 5.56 Å². The van der Waals surface area contributed by atoms with Crippen LogP contribution in [-0.2, 0) is 6.54 Å². The summed E-state index contributed by atoms with van der Waals surface area (Å²) in [6.45, 7) is 0.509. The van der Waals surface area contributed by atoms with E-state index in [-0.39, 0.29) is 5.91 Å². The summed E-state index contributed by atoms with van der Waals surface area (Å²) in [6, 6.07) is 13.6. The number of benzene rings is 2. The predicted octanol–water partition coefficient (Wildman–Crippen LogP) is 4.21. The van der Waals surface area contributed by atoms with Gasteiger partial charge in [0.1, 0.15) is 0 Å². The van der Waals surface area contributed by atoms with E-state index in [4.69, 9.17) is 0 Å². The number of anilines is 1. The van der Waals surface area contributed by atoms with Crippen molar-refractivity contribution < 1.29 is 4.79 Å². The van der Waals surface area contributed by atoms with Crippen molar-refractivity contribution >= 4 is 43.5 Å². The topological polar surface area (TPSA) is 32.3 Å². The number of nitrogens with zero attached hydrogens (tertiary/aromatic N) is 1. The van der Waals surface area contributed by atoms with E-state index in [1.165, 1.54) is 0 Å². The van der Waals surface area contributed by atoms with Gasteiger partial charge >= 0.3 is 0 Å². The maximum atomic E-state index is 12.2. The lowest BCUT2D eigenvalue weighted by atomic mass is 10.2. The van der Waals surface area contributed by atoms with Crippen molar-refractivity contribution in [2.24, 2.45) is 0 Å². The van der Waals surface area contributed by atoms with Crippen molar-refractivity contribution in [2.75, 3.05) is 19.0 Å². The third-order valence-corrected chi connectivity index (χ3v) is 4.23. The molecule has 2 aromatic carbocycles. The lowest BCUT2D eigenvalue weighted by molar-refractivity contribution is 0.0950. The Morgan fingerprint density at radius 3 is 2.33 bits per heavy atom. The highest BCUT2D eigenvalue weighted by molar-refractivity contribution is 9.11. The number of halogens is 2. The zero-order valence-electron chi connectivity index (χ0n) is 11.9. The molecule has 1 N–H and O–H groups in total. The van der Waals surface area contributed by atoms with E-state index in [0.29, 0.717) is 12.1 Å². The van der Waals surface area contributed by atoms with Gasteiger partial charge in [-0.1, -0.05) is 28.1 Å². The Morgan fingerprint density at radius 2 is 1.76 bits per heavy atom. The SMILES string of the molecule is CN(C)c1ccc(CNC(=O)c2ccc(Br)cc2Br)cc1. The molecule has 0 aliphatic rings. The lowest BCUT2D eigenvalue weighted by Crippen LogP contribution is -2.23. The summed E-state index contributed by atoms with van der Waals surface area (Å²) in [5, 5.41) is 2.93. The van der Waals surface area contributed by atoms with Crippen molar-refractivity contribution in [1.82, 2.24) is 5.32 Å². The van der Waals surface area contributed by atoms with Crippen LogP contribution in [0.15, 0.2) is 51.4 Å². The highest BCUT2D eigenvalue weighted by atomic mass is 79.9. The molecule has 2 aromatic rings. The molecule has 0 aliphatic heterocycles. The van der Waals surface area contributed by atoms with E-state index in [2.05, 4.69) is 37.2 Å². The molecular weight excluding hydrogens is 396 g/mol. The quantitative estimate of drug-likeness (QED) is 0.817. The minimum absolute atomic E-state index is 0.0916. The molecule has 0 aliphatic carbocycles. The molecule has 0 aromatic heterocycles. The molecule has 0 spiro atoms. The molecule has 0 unspecified atom stereocenters. The van der Waals surface area contributed by atoms with Gasteiger partial charge in [0.15, 0.2) is 0 Å². The lowest BCUT2D eigenvalue weighted by Gasteiger charge is -2.13. The summed E-state index contributed by atoms with van der Waals surface area (Å²) < 4.78 is 1.71. The second-order valence-corrected chi connectivity index (χ2v) is 6.64. The maximum absolute atomic E-state index is 12.2. The molecule has 5 heteroatoms. The van der Waals surface area contributed by atoms with E-state index in [9.17, 15) is 4.79 Å². The first kappa shape index (κ1) is 16.0. The van der Waals surface area contributed by atoms with Crippen LogP contribution in [0.3, 0.4) is 0 Å². The van der Waals surface area contributed by atoms with E-state index in [1.807, 2.05) is 55.4 Å². The van der Waals surface area contributed by atoms with Crippen LogP contribution < -0.4 is 10.2 Å². The second-order valence-electron chi connectivity index (χ2n) is 4.87. The number of nitrogens with one attached hydrogen (secondary N) is 1. The van der Waals surface area contributed by atoms with Gasteiger partial charge in [-0.3, -0.25) is 4.79 Å². The van der Waals surface area contributed by atoms with Crippen molar-refractivity contribution in [3.63, 3.8) is 0 Å². The van der Waals surface area contributed by atoms with Gasteiger partial charge in [0.25, 0.3) is 5.91 Å². The van der Waals surface area contributed by atoms with Crippen LogP contribution in [0.1, 0.15) is 15.9 Å². The third-order valence-electron chi connectivity index (χ3n) is 3.08. The van der Waals surface area contributed by atoms with Crippen LogP contribution in [0.4, 0.5) is 5.69 Å². The Balaban J connectivity index is 2.00. The number of amides is 1. The van der Waals surface area contributed by atoms with Crippen LogP contribution in [0.25, 0.3) is 0 Å². The fourth-order valence-electron chi connectivity index (χ4n) is 1.86. The van der Waals surface area contributed by atoms with Gasteiger partial charge in [-0.05, 0) is 51.8 Å². The van der Waals surface area contributed by atoms with Crippen molar-refractivity contribution in [3.05, 3.63) is 62.5 Å². The zero-order chi connectivity index (χ0) is 15.4. The van der Waals surface area contributed by atoms with E-state index < -0.39 is 0 Å². The Hall–Kier alpha value is -1.33. The highest BCUT2D eigenvalue weighted by Gasteiger charge is 2.09. The van der Waals surface area contributed by atoms with Gasteiger partial charge in [-0.15, -0.1) is 0 Å². The highest BCUT2D eigenvalue weighted by Crippen LogP contribution is 2.22. The van der Waals surface area contributed by atoms with Gasteiger partial charge in [-0.25, -0.2) is 0 Å². The molecule has 0 radical (unpaired) electrons. The summed E-state index contributed by atoms with van der Waals surface area (Å²) >= 11 is 6.78. The van der Waals surface area contributed by atoms with Crippen molar-refractivity contribution in [1.29, 1.82) is 0 Å². The standard InChI is InChI=1S/C16H16Br2N2O/c1-20(2)13-6-3-11(4-7-13)10-19-16(21)14-8-5-12(17)9-15(14)18/h3-9H,10H2,1-2H3,(H,19,21). The Labute approximate surface area is 141 Å². The monoisotopic (exact) mass is 410 g/mol. The van der Waals surface area contributed by atoms with Crippen LogP contribution in [0, 0.1) is 0 Å². The molecule has 0 fully saturated rings. The van der Waals surface area contributed by atoms with E-state index in [0.717, 1.165) is 20.2 Å². The molecule has 0 atom stereocenters. The fraction of sp³-hybridized carbons (Fsp3) is 0.188. The molecule has 0 heterocycles. The number of hydrogen-bond acceptors (Lipinski definition) is 2. The Bertz CT molecular complexity index is 639. The average molecular weight is 412 g/mol. The minimum atomic E-state index is -0.0916. The third kappa shape index (κ3) is 4.32. The van der Waals surface area contributed by atoms with Crippen LogP contribution in [0.5, 0.6) is 0 Å². The maximum Gasteiger partial charge on any atom is 0.252 e. The Morgan fingerprint density at radius 1 is 1.10 bits per heavy atom. The summed E-state index contributed by atoms with van der Waals surface area (Å²) in [4.78, 5) is 14.2. The first-order chi connectivity index (χ1) is 9.97. The molecule has 1 amide bonds. The molecular formula is C16H16Br2N2O. The molecule has 3 nitrogen and oxygen atoms in total. The smallest absolute Gasteiger partial charge is 0.252 e. The molecule has 0 bridgehead atoms. The largest absolute Gasteiger partial charge is 0.378 e. The van der Waals surface area contributed by atoms with Crippen molar-refractivity contribution in [2.45, 2.75) is 6.54 Å². The molecule has 0 saturated heterocycles. The van der Waals surface area contributed by atoms with Gasteiger partial charge in [0, 0.05) is 35.3 Å². The minimum Gasteiger partial charge on any atom is -0.378 e. The Kier molecular flexibility index (Phi) is 5.42. The summed E-state index contributed by atoms with van der Waals surface area (Å²) in [5.74, 6) is -0.0916.